The molecule has 2 aliphatic rings. The number of benzene rings is 3. The lowest BCUT2D eigenvalue weighted by Crippen LogP contribution is -2.37. The van der Waals surface area contributed by atoms with Gasteiger partial charge in [-0.2, -0.15) is 0 Å². The Bertz CT molecular complexity index is 1170. The van der Waals surface area contributed by atoms with E-state index in [-0.39, 0.29) is 11.4 Å². The highest BCUT2D eigenvalue weighted by molar-refractivity contribution is 6.24. The van der Waals surface area contributed by atoms with Crippen LogP contribution in [-0.2, 0) is 14.4 Å². The van der Waals surface area contributed by atoms with Crippen LogP contribution in [0.1, 0.15) is 11.6 Å². The van der Waals surface area contributed by atoms with Crippen LogP contribution < -0.4 is 9.96 Å². The number of amides is 2. The molecule has 2 heterocycles. The number of nitro groups is 1. The number of nitrogens with zero attached hydrogens (tertiary/aromatic N) is 3. The number of rotatable bonds is 4. The van der Waals surface area contributed by atoms with Crippen LogP contribution in [0.25, 0.3) is 0 Å². The second-order valence-electron chi connectivity index (χ2n) is 7.36. The zero-order valence-corrected chi connectivity index (χ0v) is 16.2. The smallest absolute Gasteiger partial charge is 0.271 e. The SMILES string of the molecule is O=C1C2ON(c3ccccc3)C(c3ccccc3)C2C(=O)N1c1cccc([N+](=O)[O-])c1. The minimum absolute atomic E-state index is 0.167. The van der Waals surface area contributed by atoms with Crippen molar-refractivity contribution in [1.82, 2.24) is 0 Å². The first-order valence-corrected chi connectivity index (χ1v) is 9.74. The van der Waals surface area contributed by atoms with Crippen molar-refractivity contribution in [2.45, 2.75) is 12.1 Å². The van der Waals surface area contributed by atoms with E-state index in [1.807, 2.05) is 60.7 Å². The van der Waals surface area contributed by atoms with E-state index in [0.717, 1.165) is 16.2 Å². The van der Waals surface area contributed by atoms with Crippen molar-refractivity contribution in [1.29, 1.82) is 0 Å². The Kier molecular flexibility index (Phi) is 4.48. The third kappa shape index (κ3) is 3.04. The molecule has 0 aliphatic carbocycles. The van der Waals surface area contributed by atoms with Crippen molar-refractivity contribution < 1.29 is 19.3 Å². The predicted octanol–water partition coefficient (Wildman–Crippen LogP) is 3.65. The van der Waals surface area contributed by atoms with Gasteiger partial charge in [0.05, 0.1) is 22.3 Å². The number of para-hydroxylation sites is 1. The van der Waals surface area contributed by atoms with Crippen molar-refractivity contribution in [3.05, 3.63) is 101 Å². The van der Waals surface area contributed by atoms with E-state index >= 15 is 0 Å². The lowest BCUT2D eigenvalue weighted by Gasteiger charge is -2.28. The molecule has 5 rings (SSSR count). The molecule has 8 heteroatoms. The summed E-state index contributed by atoms with van der Waals surface area (Å²) in [5.41, 5.74) is 1.54. The third-order valence-corrected chi connectivity index (χ3v) is 5.57. The van der Waals surface area contributed by atoms with Crippen LogP contribution in [0.2, 0.25) is 0 Å². The summed E-state index contributed by atoms with van der Waals surface area (Å²) in [5.74, 6) is -1.76. The van der Waals surface area contributed by atoms with Crippen molar-refractivity contribution in [2.24, 2.45) is 5.92 Å². The summed E-state index contributed by atoms with van der Waals surface area (Å²) in [6, 6.07) is 23.7. The molecule has 2 aliphatic heterocycles. The number of anilines is 2. The fraction of sp³-hybridized carbons (Fsp3) is 0.130. The summed E-state index contributed by atoms with van der Waals surface area (Å²) in [6.45, 7) is 0. The van der Waals surface area contributed by atoms with Gasteiger partial charge in [-0.25, -0.2) is 9.96 Å². The van der Waals surface area contributed by atoms with Gasteiger partial charge in [0.15, 0.2) is 6.10 Å². The Morgan fingerprint density at radius 2 is 1.45 bits per heavy atom. The van der Waals surface area contributed by atoms with Gasteiger partial charge in [-0.05, 0) is 23.8 Å². The first kappa shape index (κ1) is 19.0. The Morgan fingerprint density at radius 3 is 2.13 bits per heavy atom. The van der Waals surface area contributed by atoms with Crippen LogP contribution in [-0.4, -0.2) is 22.8 Å². The number of hydrogen-bond donors (Lipinski definition) is 0. The average molecular weight is 415 g/mol. The van der Waals surface area contributed by atoms with Gasteiger partial charge in [0.1, 0.15) is 5.92 Å². The van der Waals surface area contributed by atoms with Gasteiger partial charge in [0, 0.05) is 12.1 Å². The summed E-state index contributed by atoms with van der Waals surface area (Å²) < 4.78 is 0. The average Bonchev–Trinajstić information content (AvgIpc) is 3.31. The fourth-order valence-corrected chi connectivity index (χ4v) is 4.20. The molecule has 8 nitrogen and oxygen atoms in total. The fourth-order valence-electron chi connectivity index (χ4n) is 4.20. The van der Waals surface area contributed by atoms with Gasteiger partial charge in [-0.3, -0.25) is 24.5 Å². The molecule has 0 aromatic heterocycles. The van der Waals surface area contributed by atoms with Gasteiger partial charge >= 0.3 is 0 Å². The number of non-ortho nitro benzene ring substituents is 1. The van der Waals surface area contributed by atoms with Crippen LogP contribution in [0.4, 0.5) is 17.1 Å². The molecule has 0 radical (unpaired) electrons. The molecule has 3 atom stereocenters. The highest BCUT2D eigenvalue weighted by atomic mass is 16.7. The zero-order valence-electron chi connectivity index (χ0n) is 16.2. The minimum Gasteiger partial charge on any atom is -0.273 e. The molecular weight excluding hydrogens is 398 g/mol. The molecule has 0 N–H and O–H groups in total. The molecule has 3 unspecified atom stereocenters. The van der Waals surface area contributed by atoms with Crippen LogP contribution in [0, 0.1) is 16.0 Å². The molecule has 0 saturated carbocycles. The maximum absolute atomic E-state index is 13.5. The predicted molar refractivity (Wildman–Crippen MR) is 112 cm³/mol. The Hall–Kier alpha value is -4.04. The van der Waals surface area contributed by atoms with Crippen molar-refractivity contribution in [3.63, 3.8) is 0 Å². The van der Waals surface area contributed by atoms with E-state index in [1.54, 1.807) is 5.06 Å². The third-order valence-electron chi connectivity index (χ3n) is 5.57. The molecule has 3 aromatic rings. The van der Waals surface area contributed by atoms with Crippen LogP contribution >= 0.6 is 0 Å². The lowest BCUT2D eigenvalue weighted by molar-refractivity contribution is -0.384. The van der Waals surface area contributed by atoms with Gasteiger partial charge in [-0.1, -0.05) is 54.6 Å². The maximum Gasteiger partial charge on any atom is 0.271 e. The maximum atomic E-state index is 13.5. The number of carbonyl (C=O) groups is 2. The number of nitro benzene ring substituents is 1. The summed E-state index contributed by atoms with van der Waals surface area (Å²) in [7, 11) is 0. The van der Waals surface area contributed by atoms with E-state index in [0.29, 0.717) is 0 Å². The molecule has 2 fully saturated rings. The molecule has 3 aromatic carbocycles. The summed E-state index contributed by atoms with van der Waals surface area (Å²) >= 11 is 0. The Morgan fingerprint density at radius 1 is 0.806 bits per heavy atom. The molecule has 154 valence electrons. The molecule has 2 amide bonds. The summed E-state index contributed by atoms with van der Waals surface area (Å²) in [6.07, 6.45) is -1.02. The van der Waals surface area contributed by atoms with Gasteiger partial charge < -0.3 is 0 Å². The lowest BCUT2D eigenvalue weighted by atomic mass is 9.90. The molecule has 0 spiro atoms. The molecular formula is C23H17N3O5. The monoisotopic (exact) mass is 415 g/mol. The number of hydroxylamine groups is 1. The van der Waals surface area contributed by atoms with Gasteiger partial charge in [0.25, 0.3) is 11.6 Å². The molecule has 0 bridgehead atoms. The summed E-state index contributed by atoms with van der Waals surface area (Å²) in [5, 5.41) is 12.8. The normalized spacial score (nSPS) is 22.6. The quantitative estimate of drug-likeness (QED) is 0.367. The first-order chi connectivity index (χ1) is 15.1. The number of carbonyl (C=O) groups excluding carboxylic acids is 2. The standard InChI is InChI=1S/C23H17N3O5/c27-22-19-20(15-8-3-1-4-9-15)25(16-10-5-2-6-11-16)31-21(19)23(28)24(22)17-12-7-13-18(14-17)26(29)30/h1-14,19-21H. The van der Waals surface area contributed by atoms with Crippen LogP contribution in [0.3, 0.4) is 0 Å². The zero-order chi connectivity index (χ0) is 21.5. The van der Waals surface area contributed by atoms with Gasteiger partial charge in [0.2, 0.25) is 5.91 Å². The van der Waals surface area contributed by atoms with Gasteiger partial charge in [-0.15, -0.1) is 0 Å². The van der Waals surface area contributed by atoms with E-state index in [2.05, 4.69) is 0 Å². The second-order valence-corrected chi connectivity index (χ2v) is 7.36. The largest absolute Gasteiger partial charge is 0.273 e. The number of hydrogen-bond acceptors (Lipinski definition) is 6. The minimum atomic E-state index is -1.02. The Labute approximate surface area is 177 Å². The highest BCUT2D eigenvalue weighted by Gasteiger charge is 2.60. The Balaban J connectivity index is 1.57. The van der Waals surface area contributed by atoms with Crippen molar-refractivity contribution >= 4 is 28.9 Å². The molecule has 31 heavy (non-hydrogen) atoms. The number of fused-ring (bicyclic) bond motifs is 1. The van der Waals surface area contributed by atoms with E-state index in [1.165, 1.54) is 24.3 Å². The van der Waals surface area contributed by atoms with Crippen LogP contribution in [0.5, 0.6) is 0 Å². The van der Waals surface area contributed by atoms with E-state index < -0.39 is 34.8 Å². The number of imide groups is 1. The first-order valence-electron chi connectivity index (χ1n) is 9.74. The van der Waals surface area contributed by atoms with Crippen molar-refractivity contribution in [3.8, 4) is 0 Å². The summed E-state index contributed by atoms with van der Waals surface area (Å²) in [4.78, 5) is 44.3. The van der Waals surface area contributed by atoms with E-state index in [4.69, 9.17) is 4.84 Å². The van der Waals surface area contributed by atoms with E-state index in [9.17, 15) is 19.7 Å². The second kappa shape index (κ2) is 7.33. The highest BCUT2D eigenvalue weighted by Crippen LogP contribution is 2.47. The van der Waals surface area contributed by atoms with Crippen molar-refractivity contribution in [2.75, 3.05) is 9.96 Å². The topological polar surface area (TPSA) is 93.0 Å². The van der Waals surface area contributed by atoms with Crippen LogP contribution in [0.15, 0.2) is 84.9 Å². The molecule has 2 saturated heterocycles.